The highest BCUT2D eigenvalue weighted by Gasteiger charge is 2.26. The number of rotatable bonds is 5. The van der Waals surface area contributed by atoms with E-state index in [0.29, 0.717) is 5.56 Å². The minimum atomic E-state index is -3.90. The molecule has 2 N–H and O–H groups in total. The van der Waals surface area contributed by atoms with E-state index in [9.17, 15) is 18.3 Å². The van der Waals surface area contributed by atoms with Crippen LogP contribution in [0.2, 0.25) is 0 Å². The summed E-state index contributed by atoms with van der Waals surface area (Å²) in [6, 6.07) is 13.0. The lowest BCUT2D eigenvalue weighted by molar-refractivity contribution is -0.139. The first-order valence-corrected chi connectivity index (χ1v) is 8.52. The molecular formula is C14H12INO4S. The molecular weight excluding hydrogens is 405 g/mol. The predicted octanol–water partition coefficient (Wildman–Crippen LogP) is 2.40. The summed E-state index contributed by atoms with van der Waals surface area (Å²) < 4.78 is 27.6. The van der Waals surface area contributed by atoms with E-state index in [1.54, 1.807) is 42.5 Å². The fourth-order valence-corrected chi connectivity index (χ4v) is 3.28. The van der Waals surface area contributed by atoms with Crippen LogP contribution < -0.4 is 4.72 Å². The van der Waals surface area contributed by atoms with Crippen LogP contribution >= 0.6 is 22.6 Å². The van der Waals surface area contributed by atoms with Crippen molar-refractivity contribution in [2.24, 2.45) is 0 Å². The van der Waals surface area contributed by atoms with Crippen LogP contribution in [0.15, 0.2) is 59.5 Å². The van der Waals surface area contributed by atoms with E-state index in [1.807, 2.05) is 0 Å². The van der Waals surface area contributed by atoms with Gasteiger partial charge in [-0.3, -0.25) is 4.79 Å². The highest BCUT2D eigenvalue weighted by molar-refractivity contribution is 14.1. The van der Waals surface area contributed by atoms with Gasteiger partial charge in [-0.2, -0.15) is 4.72 Å². The van der Waals surface area contributed by atoms with Gasteiger partial charge >= 0.3 is 5.97 Å². The number of carbonyl (C=O) groups is 1. The van der Waals surface area contributed by atoms with Crippen LogP contribution in [-0.4, -0.2) is 19.5 Å². The lowest BCUT2D eigenvalue weighted by Crippen LogP contribution is -2.33. The number of carboxylic acids is 1. The number of aliphatic carboxylic acids is 1. The normalized spacial score (nSPS) is 12.8. The Balaban J connectivity index is 2.32. The summed E-state index contributed by atoms with van der Waals surface area (Å²) in [7, 11) is -3.90. The van der Waals surface area contributed by atoms with Crippen LogP contribution in [0.5, 0.6) is 0 Å². The number of halogens is 1. The molecule has 0 bridgehead atoms. The maximum atomic E-state index is 12.3. The topological polar surface area (TPSA) is 83.5 Å². The van der Waals surface area contributed by atoms with E-state index in [0.717, 1.165) is 3.57 Å². The van der Waals surface area contributed by atoms with E-state index < -0.39 is 22.0 Å². The zero-order valence-corrected chi connectivity index (χ0v) is 13.7. The third-order valence-corrected chi connectivity index (χ3v) is 4.93. The van der Waals surface area contributed by atoms with Gasteiger partial charge < -0.3 is 5.11 Å². The first-order valence-electron chi connectivity index (χ1n) is 5.96. The van der Waals surface area contributed by atoms with Gasteiger partial charge in [-0.15, -0.1) is 0 Å². The number of nitrogens with one attached hydrogen (secondary N) is 1. The third-order valence-electron chi connectivity index (χ3n) is 2.78. The average molecular weight is 417 g/mol. The van der Waals surface area contributed by atoms with Gasteiger partial charge in [0.2, 0.25) is 10.0 Å². The van der Waals surface area contributed by atoms with Gasteiger partial charge in [0, 0.05) is 3.57 Å². The molecule has 0 fully saturated rings. The van der Waals surface area contributed by atoms with Crippen molar-refractivity contribution in [3.05, 3.63) is 63.7 Å². The van der Waals surface area contributed by atoms with E-state index in [1.165, 1.54) is 12.1 Å². The Kier molecular flexibility index (Phi) is 4.96. The molecule has 0 aliphatic rings. The Morgan fingerprint density at radius 1 is 1.05 bits per heavy atom. The van der Waals surface area contributed by atoms with E-state index >= 15 is 0 Å². The monoisotopic (exact) mass is 417 g/mol. The molecule has 0 spiro atoms. The van der Waals surface area contributed by atoms with Crippen LogP contribution in [0.1, 0.15) is 11.6 Å². The molecule has 7 heteroatoms. The second kappa shape index (κ2) is 6.54. The van der Waals surface area contributed by atoms with Crippen molar-refractivity contribution in [1.29, 1.82) is 0 Å². The van der Waals surface area contributed by atoms with E-state index in [4.69, 9.17) is 0 Å². The molecule has 0 aliphatic carbocycles. The number of hydrogen-bond acceptors (Lipinski definition) is 3. The lowest BCUT2D eigenvalue weighted by atomic mass is 10.1. The number of benzene rings is 2. The van der Waals surface area contributed by atoms with Gasteiger partial charge in [0.05, 0.1) is 4.90 Å². The maximum Gasteiger partial charge on any atom is 0.326 e. The van der Waals surface area contributed by atoms with Crippen LogP contribution in [0.3, 0.4) is 0 Å². The van der Waals surface area contributed by atoms with Crippen molar-refractivity contribution < 1.29 is 18.3 Å². The molecule has 5 nitrogen and oxygen atoms in total. The maximum absolute atomic E-state index is 12.3. The predicted molar refractivity (Wildman–Crippen MR) is 86.3 cm³/mol. The molecule has 21 heavy (non-hydrogen) atoms. The fraction of sp³-hybridized carbons (Fsp3) is 0.0714. The summed E-state index contributed by atoms with van der Waals surface area (Å²) >= 11 is 2.06. The van der Waals surface area contributed by atoms with Gasteiger partial charge in [0.25, 0.3) is 0 Å². The molecule has 110 valence electrons. The summed E-state index contributed by atoms with van der Waals surface area (Å²) in [6.07, 6.45) is 0. The summed E-state index contributed by atoms with van der Waals surface area (Å²) in [4.78, 5) is 11.4. The number of sulfonamides is 1. The summed E-state index contributed by atoms with van der Waals surface area (Å²) in [5.41, 5.74) is 0.374. The Hall–Kier alpha value is -1.45. The molecule has 2 rings (SSSR count). The summed E-state index contributed by atoms with van der Waals surface area (Å²) in [5, 5.41) is 9.25. The van der Waals surface area contributed by atoms with Gasteiger partial charge in [-0.05, 0) is 52.4 Å². The minimum absolute atomic E-state index is 0.0325. The Morgan fingerprint density at radius 2 is 1.62 bits per heavy atom. The lowest BCUT2D eigenvalue weighted by Gasteiger charge is -2.15. The Labute approximate surface area is 136 Å². The van der Waals surface area contributed by atoms with Crippen LogP contribution in [0.25, 0.3) is 0 Å². The fourth-order valence-electron chi connectivity index (χ4n) is 1.74. The second-order valence-electron chi connectivity index (χ2n) is 4.26. The third kappa shape index (κ3) is 4.02. The number of carboxylic acid groups (broad SMARTS) is 1. The minimum Gasteiger partial charge on any atom is -0.480 e. The highest BCUT2D eigenvalue weighted by atomic mass is 127. The Morgan fingerprint density at radius 3 is 2.14 bits per heavy atom. The smallest absolute Gasteiger partial charge is 0.326 e. The molecule has 0 aliphatic heterocycles. The summed E-state index contributed by atoms with van der Waals surface area (Å²) in [5.74, 6) is -1.25. The van der Waals surface area contributed by atoms with E-state index in [2.05, 4.69) is 27.3 Å². The molecule has 1 atom stereocenters. The van der Waals surface area contributed by atoms with Gasteiger partial charge in [0.15, 0.2) is 0 Å². The first-order chi connectivity index (χ1) is 9.90. The van der Waals surface area contributed by atoms with Crippen molar-refractivity contribution in [2.75, 3.05) is 0 Å². The molecule has 0 saturated carbocycles. The largest absolute Gasteiger partial charge is 0.480 e. The average Bonchev–Trinajstić information content (AvgIpc) is 2.46. The quantitative estimate of drug-likeness (QED) is 0.733. The van der Waals surface area contributed by atoms with Gasteiger partial charge in [0.1, 0.15) is 6.04 Å². The van der Waals surface area contributed by atoms with Gasteiger partial charge in [-0.1, -0.05) is 30.3 Å². The molecule has 2 aromatic carbocycles. The standard InChI is InChI=1S/C14H12INO4S/c15-11-6-8-12(9-7-11)21(19,20)16-13(14(17)18)10-4-2-1-3-5-10/h1-9,13,16H,(H,17,18). The molecule has 2 aromatic rings. The van der Waals surface area contributed by atoms with Crippen molar-refractivity contribution in [1.82, 2.24) is 4.72 Å². The molecule has 0 saturated heterocycles. The number of hydrogen-bond donors (Lipinski definition) is 2. The van der Waals surface area contributed by atoms with Gasteiger partial charge in [-0.25, -0.2) is 8.42 Å². The summed E-state index contributed by atoms with van der Waals surface area (Å²) in [6.45, 7) is 0. The van der Waals surface area contributed by atoms with Crippen molar-refractivity contribution in [2.45, 2.75) is 10.9 Å². The molecule has 0 aromatic heterocycles. The van der Waals surface area contributed by atoms with Crippen LogP contribution in [0, 0.1) is 3.57 Å². The van der Waals surface area contributed by atoms with Crippen LogP contribution in [0.4, 0.5) is 0 Å². The molecule has 0 heterocycles. The molecule has 0 radical (unpaired) electrons. The second-order valence-corrected chi connectivity index (χ2v) is 7.22. The van der Waals surface area contributed by atoms with Crippen molar-refractivity contribution >= 4 is 38.6 Å². The zero-order chi connectivity index (χ0) is 15.5. The zero-order valence-electron chi connectivity index (χ0n) is 10.7. The van der Waals surface area contributed by atoms with Crippen LogP contribution in [-0.2, 0) is 14.8 Å². The first kappa shape index (κ1) is 15.9. The molecule has 1 unspecified atom stereocenters. The highest BCUT2D eigenvalue weighted by Crippen LogP contribution is 2.18. The Bertz CT molecular complexity index is 729. The van der Waals surface area contributed by atoms with Crippen molar-refractivity contribution in [3.63, 3.8) is 0 Å². The van der Waals surface area contributed by atoms with E-state index in [-0.39, 0.29) is 4.90 Å². The molecule has 0 amide bonds. The SMILES string of the molecule is O=C(O)C(NS(=O)(=O)c1ccc(I)cc1)c1ccccc1. The van der Waals surface area contributed by atoms with Crippen molar-refractivity contribution in [3.8, 4) is 0 Å².